The van der Waals surface area contributed by atoms with Crippen LogP contribution in [0.25, 0.3) is 12.2 Å². The Balaban J connectivity index is 2.30. The summed E-state index contributed by atoms with van der Waals surface area (Å²) in [6.07, 6.45) is 3.92. The average molecular weight is 333 g/mol. The zero-order valence-corrected chi connectivity index (χ0v) is 14.1. The first-order chi connectivity index (χ1) is 11.2. The van der Waals surface area contributed by atoms with E-state index in [2.05, 4.69) is 0 Å². The van der Waals surface area contributed by atoms with Crippen molar-refractivity contribution in [3.8, 4) is 23.0 Å². The molecular weight excluding hydrogens is 314 g/mol. The number of hydrogen-bond donors (Lipinski definition) is 1. The molecule has 0 aliphatic rings. The van der Waals surface area contributed by atoms with Crippen LogP contribution in [0.2, 0.25) is 0 Å². The summed E-state index contributed by atoms with van der Waals surface area (Å²) in [4.78, 5) is 0. The van der Waals surface area contributed by atoms with Crippen LogP contribution >= 0.6 is 12.2 Å². The molecule has 0 aliphatic heterocycles. The summed E-state index contributed by atoms with van der Waals surface area (Å²) in [5, 5.41) is 5.30. The summed E-state index contributed by atoms with van der Waals surface area (Å²) in [5.41, 5.74) is 1.92. The molecule has 2 aromatic carbocycles. The van der Waals surface area contributed by atoms with Crippen LogP contribution in [0.15, 0.2) is 36.4 Å². The van der Waals surface area contributed by atoms with Gasteiger partial charge in [0.25, 0.3) is 0 Å². The van der Waals surface area contributed by atoms with Crippen molar-refractivity contribution in [1.82, 2.24) is 0 Å². The van der Waals surface area contributed by atoms with Crippen LogP contribution in [-0.2, 0) is 0 Å². The minimum atomic E-state index is 0.572. The fourth-order valence-corrected chi connectivity index (χ4v) is 2.33. The molecule has 0 saturated carbocycles. The molecule has 2 N–H and O–H groups in total. The molecule has 0 heterocycles. The van der Waals surface area contributed by atoms with Crippen molar-refractivity contribution in [2.45, 2.75) is 0 Å². The number of ether oxygens (including phenoxy) is 3. The third kappa shape index (κ3) is 4.34. The van der Waals surface area contributed by atoms with E-state index >= 15 is 0 Å². The maximum Gasteiger partial charge on any atom is 0.203 e. The number of benzene rings is 2. The molecule has 0 saturated heterocycles. The van der Waals surface area contributed by atoms with Crippen molar-refractivity contribution in [2.24, 2.45) is 5.14 Å². The van der Waals surface area contributed by atoms with Gasteiger partial charge in [-0.1, -0.05) is 24.3 Å². The van der Waals surface area contributed by atoms with E-state index in [9.17, 15) is 0 Å². The molecule has 6 heteroatoms. The molecule has 0 atom stereocenters. The van der Waals surface area contributed by atoms with Crippen LogP contribution in [0.1, 0.15) is 11.1 Å². The zero-order chi connectivity index (χ0) is 16.7. The highest BCUT2D eigenvalue weighted by atomic mass is 32.2. The van der Waals surface area contributed by atoms with Crippen LogP contribution in [0.3, 0.4) is 0 Å². The lowest BCUT2D eigenvalue weighted by Gasteiger charge is -2.12. The standard InChI is InChI=1S/C17H19NO4S/c1-19-15-10-13(11-16(20-2)17(15)21-3)8-7-12-5-4-6-14(9-12)22-23-18/h4-11H,18H2,1-3H3/b8-7+. The van der Waals surface area contributed by atoms with E-state index in [4.69, 9.17) is 23.5 Å². The smallest absolute Gasteiger partial charge is 0.203 e. The lowest BCUT2D eigenvalue weighted by atomic mass is 10.1. The molecule has 0 spiro atoms. The Morgan fingerprint density at radius 1 is 0.870 bits per heavy atom. The molecule has 0 aliphatic carbocycles. The SMILES string of the molecule is COc1cc(/C=C/c2cccc(OSN)c2)cc(OC)c1OC. The maximum absolute atomic E-state index is 5.35. The first kappa shape index (κ1) is 17.1. The summed E-state index contributed by atoms with van der Waals surface area (Å²) < 4.78 is 21.2. The van der Waals surface area contributed by atoms with E-state index in [1.165, 1.54) is 0 Å². The molecule has 5 nitrogen and oxygen atoms in total. The summed E-state index contributed by atoms with van der Waals surface area (Å²) >= 11 is 0.821. The van der Waals surface area contributed by atoms with Gasteiger partial charge in [-0.05, 0) is 35.4 Å². The molecule has 0 unspecified atom stereocenters. The minimum absolute atomic E-state index is 0.572. The zero-order valence-electron chi connectivity index (χ0n) is 13.2. The van der Waals surface area contributed by atoms with E-state index in [1.54, 1.807) is 21.3 Å². The molecule has 0 aromatic heterocycles. The first-order valence-electron chi connectivity index (χ1n) is 6.83. The van der Waals surface area contributed by atoms with Gasteiger partial charge >= 0.3 is 0 Å². The number of rotatable bonds is 7. The Bertz CT molecular complexity index is 663. The monoisotopic (exact) mass is 333 g/mol. The maximum atomic E-state index is 5.35. The Labute approximate surface area is 140 Å². The lowest BCUT2D eigenvalue weighted by molar-refractivity contribution is 0.324. The fourth-order valence-electron chi connectivity index (χ4n) is 2.12. The molecule has 0 radical (unpaired) electrons. The lowest BCUT2D eigenvalue weighted by Crippen LogP contribution is -1.95. The van der Waals surface area contributed by atoms with Crippen molar-refractivity contribution < 1.29 is 18.4 Å². The number of methoxy groups -OCH3 is 3. The van der Waals surface area contributed by atoms with Gasteiger partial charge in [0.2, 0.25) is 5.75 Å². The Hall–Kier alpha value is -2.31. The van der Waals surface area contributed by atoms with E-state index in [0.717, 1.165) is 23.4 Å². The second kappa shape index (κ2) is 8.36. The second-order valence-corrected chi connectivity index (χ2v) is 4.90. The molecule has 2 aromatic rings. The van der Waals surface area contributed by atoms with Crippen LogP contribution in [0.5, 0.6) is 23.0 Å². The third-order valence-corrected chi connectivity index (χ3v) is 3.45. The van der Waals surface area contributed by atoms with Crippen LogP contribution < -0.4 is 23.5 Å². The molecule has 0 amide bonds. The van der Waals surface area contributed by atoms with Gasteiger partial charge in [-0.15, -0.1) is 0 Å². The predicted molar refractivity (Wildman–Crippen MR) is 93.9 cm³/mol. The highest BCUT2D eigenvalue weighted by Gasteiger charge is 2.11. The summed E-state index contributed by atoms with van der Waals surface area (Å²) in [7, 11) is 4.77. The first-order valence-corrected chi connectivity index (χ1v) is 7.64. The summed E-state index contributed by atoms with van der Waals surface area (Å²) in [6.45, 7) is 0. The topological polar surface area (TPSA) is 62.9 Å². The number of hydrogen-bond acceptors (Lipinski definition) is 6. The Morgan fingerprint density at radius 2 is 1.52 bits per heavy atom. The average Bonchev–Trinajstić information content (AvgIpc) is 2.59. The van der Waals surface area contributed by atoms with Gasteiger partial charge in [-0.25, -0.2) is 5.14 Å². The summed E-state index contributed by atoms with van der Waals surface area (Å²) in [6, 6.07) is 11.4. The van der Waals surface area contributed by atoms with E-state index in [0.29, 0.717) is 23.0 Å². The van der Waals surface area contributed by atoms with Gasteiger partial charge in [0.1, 0.15) is 18.0 Å². The molecule has 122 valence electrons. The minimum Gasteiger partial charge on any atom is -0.493 e. The van der Waals surface area contributed by atoms with Crippen molar-refractivity contribution in [2.75, 3.05) is 21.3 Å². The van der Waals surface area contributed by atoms with Gasteiger partial charge in [-0.2, -0.15) is 0 Å². The second-order valence-electron chi connectivity index (χ2n) is 4.54. The van der Waals surface area contributed by atoms with Crippen LogP contribution in [-0.4, -0.2) is 21.3 Å². The summed E-state index contributed by atoms with van der Waals surface area (Å²) in [5.74, 6) is 2.50. The fraction of sp³-hybridized carbons (Fsp3) is 0.176. The molecule has 2 rings (SSSR count). The Morgan fingerprint density at radius 3 is 2.09 bits per heavy atom. The quantitative estimate of drug-likeness (QED) is 0.472. The van der Waals surface area contributed by atoms with Gasteiger partial charge in [-0.3, -0.25) is 0 Å². The van der Waals surface area contributed by atoms with E-state index in [1.807, 2.05) is 48.6 Å². The van der Waals surface area contributed by atoms with Crippen LogP contribution in [0.4, 0.5) is 0 Å². The van der Waals surface area contributed by atoms with Crippen molar-refractivity contribution in [1.29, 1.82) is 0 Å². The normalized spacial score (nSPS) is 10.6. The molecule has 0 fully saturated rings. The van der Waals surface area contributed by atoms with Gasteiger partial charge < -0.3 is 18.4 Å². The van der Waals surface area contributed by atoms with Crippen molar-refractivity contribution in [3.05, 3.63) is 47.5 Å². The van der Waals surface area contributed by atoms with E-state index in [-0.39, 0.29) is 0 Å². The van der Waals surface area contributed by atoms with Crippen molar-refractivity contribution >= 4 is 24.4 Å². The molecule has 23 heavy (non-hydrogen) atoms. The predicted octanol–water partition coefficient (Wildman–Crippen LogP) is 3.78. The molecule has 0 bridgehead atoms. The van der Waals surface area contributed by atoms with Gasteiger partial charge in [0.15, 0.2) is 11.5 Å². The van der Waals surface area contributed by atoms with E-state index < -0.39 is 0 Å². The molecular formula is C17H19NO4S. The third-order valence-electron chi connectivity index (χ3n) is 3.16. The number of nitrogens with two attached hydrogens (primary N) is 1. The highest BCUT2D eigenvalue weighted by Crippen LogP contribution is 2.38. The van der Waals surface area contributed by atoms with Crippen LogP contribution in [0, 0.1) is 0 Å². The van der Waals surface area contributed by atoms with Gasteiger partial charge in [0.05, 0.1) is 21.3 Å². The Kier molecular flexibility index (Phi) is 6.19. The van der Waals surface area contributed by atoms with Gasteiger partial charge in [0, 0.05) is 0 Å². The highest BCUT2D eigenvalue weighted by molar-refractivity contribution is 7.92. The van der Waals surface area contributed by atoms with Crippen molar-refractivity contribution in [3.63, 3.8) is 0 Å². The largest absolute Gasteiger partial charge is 0.493 e.